The Kier molecular flexibility index (Phi) is 7.78. The maximum absolute atomic E-state index is 13.7. The van der Waals surface area contributed by atoms with E-state index in [4.69, 9.17) is 0 Å². The molecule has 1 aromatic rings. The zero-order chi connectivity index (χ0) is 15.0. The van der Waals surface area contributed by atoms with Crippen molar-refractivity contribution in [3.63, 3.8) is 0 Å². The first-order chi connectivity index (χ1) is 9.58. The van der Waals surface area contributed by atoms with Gasteiger partial charge < -0.3 is 10.2 Å². The molecule has 0 fully saturated rings. The molecule has 0 saturated carbocycles. The molecule has 3 heteroatoms. The largest absolute Gasteiger partial charge is 0.308 e. The van der Waals surface area contributed by atoms with E-state index < -0.39 is 0 Å². The molecule has 1 aromatic carbocycles. The summed E-state index contributed by atoms with van der Waals surface area (Å²) in [5.41, 5.74) is 0.753. The normalized spacial score (nSPS) is 14.5. The fraction of sp³-hybridized carbons (Fsp3) is 0.647. The van der Waals surface area contributed by atoms with E-state index >= 15 is 0 Å². The Balaban J connectivity index is 2.35. The number of nitrogens with zero attached hydrogens (tertiary/aromatic N) is 1. The van der Waals surface area contributed by atoms with Crippen molar-refractivity contribution < 1.29 is 4.39 Å². The highest BCUT2D eigenvalue weighted by Crippen LogP contribution is 2.17. The van der Waals surface area contributed by atoms with Gasteiger partial charge in [-0.25, -0.2) is 4.39 Å². The Morgan fingerprint density at radius 3 is 2.40 bits per heavy atom. The van der Waals surface area contributed by atoms with Gasteiger partial charge in [0.1, 0.15) is 5.82 Å². The van der Waals surface area contributed by atoms with Gasteiger partial charge in [0.05, 0.1) is 0 Å². The van der Waals surface area contributed by atoms with E-state index in [9.17, 15) is 4.39 Å². The summed E-state index contributed by atoms with van der Waals surface area (Å²) in [5.74, 6) is -0.122. The fourth-order valence-corrected chi connectivity index (χ4v) is 2.59. The van der Waals surface area contributed by atoms with Crippen LogP contribution in [0.2, 0.25) is 0 Å². The summed E-state index contributed by atoms with van der Waals surface area (Å²) < 4.78 is 13.7. The molecule has 0 heterocycles. The minimum absolute atomic E-state index is 0.0552. The van der Waals surface area contributed by atoms with Crippen molar-refractivity contribution in [3.8, 4) is 0 Å². The van der Waals surface area contributed by atoms with Crippen LogP contribution in [-0.4, -0.2) is 30.6 Å². The van der Waals surface area contributed by atoms with Gasteiger partial charge in [-0.3, -0.25) is 0 Å². The van der Waals surface area contributed by atoms with Gasteiger partial charge in [-0.2, -0.15) is 0 Å². The first-order valence-electron chi connectivity index (χ1n) is 7.81. The van der Waals surface area contributed by atoms with E-state index in [1.807, 2.05) is 19.1 Å². The molecule has 2 nitrogen and oxygen atoms in total. The summed E-state index contributed by atoms with van der Waals surface area (Å²) in [5, 5.41) is 3.49. The van der Waals surface area contributed by atoms with Gasteiger partial charge in [-0.15, -0.1) is 0 Å². The quantitative estimate of drug-likeness (QED) is 0.736. The predicted molar refractivity (Wildman–Crippen MR) is 84.4 cm³/mol. The van der Waals surface area contributed by atoms with Gasteiger partial charge >= 0.3 is 0 Å². The molecule has 114 valence electrons. The van der Waals surface area contributed by atoms with E-state index in [1.165, 1.54) is 12.5 Å². The number of benzene rings is 1. The number of nitrogens with one attached hydrogen (secondary N) is 1. The standard InChI is InChI=1S/C17H29FN2/c1-5-20(6-2)13-9-10-14(3)19-15(4)16-11-7-8-12-17(16)18/h7-8,11-12,14-15,19H,5-6,9-10,13H2,1-4H3. The number of hydrogen-bond acceptors (Lipinski definition) is 2. The van der Waals surface area contributed by atoms with Gasteiger partial charge in [0.15, 0.2) is 0 Å². The molecule has 1 N–H and O–H groups in total. The number of halogens is 1. The van der Waals surface area contributed by atoms with Gasteiger partial charge in [0, 0.05) is 17.6 Å². The molecule has 0 aliphatic carbocycles. The molecule has 0 saturated heterocycles. The average Bonchev–Trinajstić information content (AvgIpc) is 2.44. The lowest BCUT2D eigenvalue weighted by Gasteiger charge is -2.23. The molecule has 2 atom stereocenters. The average molecular weight is 280 g/mol. The second kappa shape index (κ2) is 9.09. The highest BCUT2D eigenvalue weighted by Gasteiger charge is 2.12. The molecular formula is C17H29FN2. The van der Waals surface area contributed by atoms with Crippen LogP contribution in [0.25, 0.3) is 0 Å². The Bertz CT molecular complexity index is 377. The Hall–Kier alpha value is -0.930. The molecule has 0 spiro atoms. The van der Waals surface area contributed by atoms with Crippen molar-refractivity contribution in [1.29, 1.82) is 0 Å². The summed E-state index contributed by atoms with van der Waals surface area (Å²) >= 11 is 0. The molecule has 2 unspecified atom stereocenters. The van der Waals surface area contributed by atoms with Gasteiger partial charge in [-0.1, -0.05) is 32.0 Å². The molecule has 0 aromatic heterocycles. The van der Waals surface area contributed by atoms with E-state index in [0.717, 1.165) is 31.6 Å². The van der Waals surface area contributed by atoms with E-state index in [0.29, 0.717) is 6.04 Å². The second-order valence-corrected chi connectivity index (χ2v) is 5.48. The zero-order valence-electron chi connectivity index (χ0n) is 13.3. The summed E-state index contributed by atoms with van der Waals surface area (Å²) in [7, 11) is 0. The molecule has 0 bridgehead atoms. The van der Waals surface area contributed by atoms with E-state index in [-0.39, 0.29) is 11.9 Å². The first kappa shape index (κ1) is 17.1. The van der Waals surface area contributed by atoms with Crippen LogP contribution in [0.4, 0.5) is 4.39 Å². The number of hydrogen-bond donors (Lipinski definition) is 1. The van der Waals surface area contributed by atoms with Crippen LogP contribution in [0.3, 0.4) is 0 Å². The van der Waals surface area contributed by atoms with Crippen molar-refractivity contribution >= 4 is 0 Å². The van der Waals surface area contributed by atoms with Crippen LogP contribution in [-0.2, 0) is 0 Å². The van der Waals surface area contributed by atoms with Crippen molar-refractivity contribution in [3.05, 3.63) is 35.6 Å². The summed E-state index contributed by atoms with van der Waals surface area (Å²) in [6.07, 6.45) is 2.30. The maximum atomic E-state index is 13.7. The van der Waals surface area contributed by atoms with Crippen LogP contribution in [0.1, 0.15) is 52.1 Å². The first-order valence-corrected chi connectivity index (χ1v) is 7.81. The topological polar surface area (TPSA) is 15.3 Å². The van der Waals surface area contributed by atoms with Crippen molar-refractivity contribution in [2.75, 3.05) is 19.6 Å². The fourth-order valence-electron chi connectivity index (χ4n) is 2.59. The third kappa shape index (κ3) is 5.59. The van der Waals surface area contributed by atoms with Crippen molar-refractivity contribution in [1.82, 2.24) is 10.2 Å². The lowest BCUT2D eigenvalue weighted by atomic mass is 10.1. The molecule has 0 aliphatic heterocycles. The lowest BCUT2D eigenvalue weighted by molar-refractivity contribution is 0.288. The maximum Gasteiger partial charge on any atom is 0.127 e. The van der Waals surface area contributed by atoms with E-state index in [2.05, 4.69) is 31.0 Å². The molecule has 20 heavy (non-hydrogen) atoms. The van der Waals surface area contributed by atoms with Crippen LogP contribution >= 0.6 is 0 Å². The summed E-state index contributed by atoms with van der Waals surface area (Å²) in [6.45, 7) is 12.0. The monoisotopic (exact) mass is 280 g/mol. The minimum Gasteiger partial charge on any atom is -0.308 e. The van der Waals surface area contributed by atoms with Crippen LogP contribution < -0.4 is 5.32 Å². The molecule has 0 aliphatic rings. The number of rotatable bonds is 9. The molecule has 0 radical (unpaired) electrons. The third-order valence-electron chi connectivity index (χ3n) is 3.91. The Morgan fingerprint density at radius 1 is 1.15 bits per heavy atom. The third-order valence-corrected chi connectivity index (χ3v) is 3.91. The molecular weight excluding hydrogens is 251 g/mol. The van der Waals surface area contributed by atoms with Gasteiger partial charge in [0.25, 0.3) is 0 Å². The minimum atomic E-state index is -0.122. The smallest absolute Gasteiger partial charge is 0.127 e. The van der Waals surface area contributed by atoms with E-state index in [1.54, 1.807) is 6.07 Å². The Morgan fingerprint density at radius 2 is 1.80 bits per heavy atom. The lowest BCUT2D eigenvalue weighted by Crippen LogP contribution is -2.31. The zero-order valence-corrected chi connectivity index (χ0v) is 13.3. The van der Waals surface area contributed by atoms with Gasteiger partial charge in [-0.05, 0) is 52.4 Å². The molecule has 0 amide bonds. The van der Waals surface area contributed by atoms with Crippen LogP contribution in [0, 0.1) is 5.82 Å². The molecule has 1 rings (SSSR count). The second-order valence-electron chi connectivity index (χ2n) is 5.48. The predicted octanol–water partition coefficient (Wildman–Crippen LogP) is 3.99. The van der Waals surface area contributed by atoms with Crippen molar-refractivity contribution in [2.45, 2.75) is 52.6 Å². The Labute approximate surface area is 123 Å². The SMILES string of the molecule is CCN(CC)CCCC(C)NC(C)c1ccccc1F. The summed E-state index contributed by atoms with van der Waals surface area (Å²) in [6, 6.07) is 7.47. The highest BCUT2D eigenvalue weighted by molar-refractivity contribution is 5.20. The summed E-state index contributed by atoms with van der Waals surface area (Å²) in [4.78, 5) is 2.44. The van der Waals surface area contributed by atoms with Gasteiger partial charge in [0.2, 0.25) is 0 Å². The van der Waals surface area contributed by atoms with Crippen LogP contribution in [0.15, 0.2) is 24.3 Å². The van der Waals surface area contributed by atoms with Crippen molar-refractivity contribution in [2.24, 2.45) is 0 Å². The highest BCUT2D eigenvalue weighted by atomic mass is 19.1. The van der Waals surface area contributed by atoms with Crippen LogP contribution in [0.5, 0.6) is 0 Å².